The topological polar surface area (TPSA) is 61.4 Å². The highest BCUT2D eigenvalue weighted by Gasteiger charge is 2.28. The van der Waals surface area contributed by atoms with Gasteiger partial charge < -0.3 is 10.6 Å². The number of benzene rings is 1. The molecule has 2 heterocycles. The largest absolute Gasteiger partial charge is 0.348 e. The van der Waals surface area contributed by atoms with E-state index in [9.17, 15) is 18.4 Å². The molecule has 2 amide bonds. The van der Waals surface area contributed by atoms with Crippen molar-refractivity contribution in [3.05, 3.63) is 29.8 Å². The van der Waals surface area contributed by atoms with Gasteiger partial charge in [-0.2, -0.15) is 11.8 Å². The minimum Gasteiger partial charge on any atom is -0.348 e. The first-order valence-electron chi connectivity index (χ1n) is 8.89. The third-order valence-corrected chi connectivity index (χ3v) is 6.15. The number of likely N-dealkylation sites (tertiary alicyclic amines) is 1. The Balaban J connectivity index is 1.40. The van der Waals surface area contributed by atoms with Gasteiger partial charge in [0.1, 0.15) is 11.6 Å². The molecule has 142 valence electrons. The minimum atomic E-state index is -0.948. The van der Waals surface area contributed by atoms with Gasteiger partial charge in [-0.1, -0.05) is 0 Å². The van der Waals surface area contributed by atoms with E-state index < -0.39 is 23.4 Å². The lowest BCUT2D eigenvalue weighted by Gasteiger charge is -2.35. The fourth-order valence-electron chi connectivity index (χ4n) is 3.42. The predicted molar refractivity (Wildman–Crippen MR) is 98.0 cm³/mol. The number of thioether (sulfide) groups is 1. The van der Waals surface area contributed by atoms with Crippen molar-refractivity contribution in [2.45, 2.75) is 25.3 Å². The molecule has 1 aromatic carbocycles. The van der Waals surface area contributed by atoms with Crippen molar-refractivity contribution < 1.29 is 18.4 Å². The molecule has 0 saturated carbocycles. The van der Waals surface area contributed by atoms with E-state index in [0.29, 0.717) is 24.6 Å². The van der Waals surface area contributed by atoms with Gasteiger partial charge in [0, 0.05) is 24.4 Å². The van der Waals surface area contributed by atoms with E-state index in [-0.39, 0.29) is 5.69 Å². The van der Waals surface area contributed by atoms with Crippen LogP contribution < -0.4 is 10.6 Å². The number of halogens is 2. The second-order valence-electron chi connectivity index (χ2n) is 6.79. The van der Waals surface area contributed by atoms with Gasteiger partial charge in [-0.3, -0.25) is 14.5 Å². The highest BCUT2D eigenvalue weighted by Crippen LogP contribution is 2.26. The van der Waals surface area contributed by atoms with Gasteiger partial charge in [0.25, 0.3) is 0 Å². The molecule has 1 unspecified atom stereocenters. The standard InChI is InChI=1S/C18H23F2N3O2S/c19-13-1-2-16(15(20)9-13)22-18(25)17(24)21-10-12-3-6-23(7-4-12)14-5-8-26-11-14/h1-2,9,12,14H,3-8,10-11H2,(H,21,24)(H,22,25). The third-order valence-electron chi connectivity index (χ3n) is 5.01. The van der Waals surface area contributed by atoms with Crippen molar-refractivity contribution in [3.63, 3.8) is 0 Å². The summed E-state index contributed by atoms with van der Waals surface area (Å²) in [6.07, 6.45) is 3.25. The van der Waals surface area contributed by atoms with Crippen LogP contribution in [0.15, 0.2) is 18.2 Å². The molecule has 0 aromatic heterocycles. The zero-order valence-electron chi connectivity index (χ0n) is 14.5. The molecule has 0 radical (unpaired) electrons. The second-order valence-corrected chi connectivity index (χ2v) is 7.93. The predicted octanol–water partition coefficient (Wildman–Crippen LogP) is 2.24. The van der Waals surface area contributed by atoms with E-state index >= 15 is 0 Å². The molecule has 26 heavy (non-hydrogen) atoms. The lowest BCUT2D eigenvalue weighted by molar-refractivity contribution is -0.136. The maximum absolute atomic E-state index is 13.5. The smallest absolute Gasteiger partial charge is 0.313 e. The monoisotopic (exact) mass is 383 g/mol. The fourth-order valence-corrected chi connectivity index (χ4v) is 4.67. The van der Waals surface area contributed by atoms with E-state index in [1.807, 2.05) is 11.8 Å². The SMILES string of the molecule is O=C(NCC1CCN(C2CCSC2)CC1)C(=O)Nc1ccc(F)cc1F. The normalized spacial score (nSPS) is 21.5. The Morgan fingerprint density at radius 1 is 1.15 bits per heavy atom. The molecule has 2 N–H and O–H groups in total. The maximum Gasteiger partial charge on any atom is 0.313 e. The van der Waals surface area contributed by atoms with E-state index in [0.717, 1.165) is 38.1 Å². The summed E-state index contributed by atoms with van der Waals surface area (Å²) in [6.45, 7) is 2.49. The summed E-state index contributed by atoms with van der Waals surface area (Å²) in [7, 11) is 0. The minimum absolute atomic E-state index is 0.214. The highest BCUT2D eigenvalue weighted by atomic mass is 32.2. The molecule has 0 aliphatic carbocycles. The number of carbonyl (C=O) groups excluding carboxylic acids is 2. The molecule has 2 aliphatic rings. The maximum atomic E-state index is 13.5. The number of nitrogens with one attached hydrogen (secondary N) is 2. The van der Waals surface area contributed by atoms with Crippen LogP contribution in [-0.4, -0.2) is 53.9 Å². The van der Waals surface area contributed by atoms with Crippen LogP contribution in [0.3, 0.4) is 0 Å². The summed E-state index contributed by atoms with van der Waals surface area (Å²) in [4.78, 5) is 26.3. The van der Waals surface area contributed by atoms with Crippen LogP contribution in [0.1, 0.15) is 19.3 Å². The van der Waals surface area contributed by atoms with Crippen LogP contribution in [0.25, 0.3) is 0 Å². The lowest BCUT2D eigenvalue weighted by Crippen LogP contribution is -2.45. The number of nitrogens with zero attached hydrogens (tertiary/aromatic N) is 1. The Bertz CT molecular complexity index is 660. The Morgan fingerprint density at radius 2 is 1.92 bits per heavy atom. The third kappa shape index (κ3) is 4.94. The van der Waals surface area contributed by atoms with Crippen molar-refractivity contribution in [1.29, 1.82) is 0 Å². The molecule has 8 heteroatoms. The van der Waals surface area contributed by atoms with Crippen molar-refractivity contribution in [2.24, 2.45) is 5.92 Å². The number of piperidine rings is 1. The van der Waals surface area contributed by atoms with Crippen molar-refractivity contribution >= 4 is 29.3 Å². The first kappa shape index (κ1) is 19.1. The summed E-state index contributed by atoms with van der Waals surface area (Å²) in [6, 6.07) is 3.46. The molecule has 0 spiro atoms. The zero-order valence-corrected chi connectivity index (χ0v) is 15.3. The van der Waals surface area contributed by atoms with Gasteiger partial charge in [0.15, 0.2) is 0 Å². The fraction of sp³-hybridized carbons (Fsp3) is 0.556. The van der Waals surface area contributed by atoms with Crippen molar-refractivity contribution in [3.8, 4) is 0 Å². The molecule has 2 aliphatic heterocycles. The Hall–Kier alpha value is -1.67. The van der Waals surface area contributed by atoms with Crippen LogP contribution in [0, 0.1) is 17.6 Å². The first-order valence-corrected chi connectivity index (χ1v) is 10.0. The molecule has 0 bridgehead atoms. The molecule has 5 nitrogen and oxygen atoms in total. The van der Waals surface area contributed by atoms with Gasteiger partial charge in [0.2, 0.25) is 0 Å². The summed E-state index contributed by atoms with van der Waals surface area (Å²) >= 11 is 2.01. The van der Waals surface area contributed by atoms with Gasteiger partial charge in [-0.25, -0.2) is 8.78 Å². The quantitative estimate of drug-likeness (QED) is 0.783. The van der Waals surface area contributed by atoms with Gasteiger partial charge in [0.05, 0.1) is 5.69 Å². The van der Waals surface area contributed by atoms with E-state index in [1.165, 1.54) is 17.9 Å². The van der Waals surface area contributed by atoms with Crippen LogP contribution >= 0.6 is 11.8 Å². The van der Waals surface area contributed by atoms with Crippen LogP contribution in [0.4, 0.5) is 14.5 Å². The zero-order chi connectivity index (χ0) is 18.5. The Kier molecular flexibility index (Phi) is 6.48. The van der Waals surface area contributed by atoms with Gasteiger partial charge in [-0.15, -0.1) is 0 Å². The van der Waals surface area contributed by atoms with Crippen LogP contribution in [0.2, 0.25) is 0 Å². The van der Waals surface area contributed by atoms with E-state index in [4.69, 9.17) is 0 Å². The van der Waals surface area contributed by atoms with E-state index in [2.05, 4.69) is 15.5 Å². The second kappa shape index (κ2) is 8.81. The summed E-state index contributed by atoms with van der Waals surface area (Å²) in [5.41, 5.74) is -0.214. The molecule has 2 fully saturated rings. The Morgan fingerprint density at radius 3 is 2.58 bits per heavy atom. The average Bonchev–Trinajstić information content (AvgIpc) is 3.17. The number of amides is 2. The molecular formula is C18H23F2N3O2S. The van der Waals surface area contributed by atoms with Gasteiger partial charge >= 0.3 is 11.8 Å². The number of anilines is 1. The van der Waals surface area contributed by atoms with Crippen molar-refractivity contribution in [2.75, 3.05) is 36.5 Å². The number of hydrogen-bond acceptors (Lipinski definition) is 4. The summed E-state index contributed by atoms with van der Waals surface area (Å²) < 4.78 is 26.4. The summed E-state index contributed by atoms with van der Waals surface area (Å²) in [5, 5.41) is 4.78. The van der Waals surface area contributed by atoms with Gasteiger partial charge in [-0.05, 0) is 56.2 Å². The molecule has 2 saturated heterocycles. The lowest BCUT2D eigenvalue weighted by atomic mass is 9.95. The van der Waals surface area contributed by atoms with Crippen LogP contribution in [-0.2, 0) is 9.59 Å². The Labute approximate surface area is 155 Å². The number of rotatable bonds is 4. The van der Waals surface area contributed by atoms with Crippen molar-refractivity contribution in [1.82, 2.24) is 10.2 Å². The molecule has 1 atom stereocenters. The first-order chi connectivity index (χ1) is 12.5. The molecule has 3 rings (SSSR count). The average molecular weight is 383 g/mol. The van der Waals surface area contributed by atoms with E-state index in [1.54, 1.807) is 0 Å². The summed E-state index contributed by atoms with van der Waals surface area (Å²) in [5.74, 6) is -0.610. The molecule has 1 aromatic rings. The highest BCUT2D eigenvalue weighted by molar-refractivity contribution is 7.99. The number of carbonyl (C=O) groups is 2. The number of hydrogen-bond donors (Lipinski definition) is 2. The molecular weight excluding hydrogens is 360 g/mol. The van der Waals surface area contributed by atoms with Crippen LogP contribution in [0.5, 0.6) is 0 Å².